The predicted molar refractivity (Wildman–Crippen MR) is 70.9 cm³/mol. The van der Waals surface area contributed by atoms with Gasteiger partial charge in [0.1, 0.15) is 0 Å². The van der Waals surface area contributed by atoms with Gasteiger partial charge in [-0.2, -0.15) is 0 Å². The van der Waals surface area contributed by atoms with Crippen LogP contribution in [-0.4, -0.2) is 19.5 Å². The Kier molecular flexibility index (Phi) is 1.91. The van der Waals surface area contributed by atoms with Crippen molar-refractivity contribution in [1.82, 2.24) is 0 Å². The zero-order chi connectivity index (χ0) is 10.5. The van der Waals surface area contributed by atoms with Crippen molar-refractivity contribution >= 4 is 23.3 Å². The largest absolute Gasteiger partial charge is 0.0973 e. The third kappa shape index (κ3) is 1.32. The van der Waals surface area contributed by atoms with E-state index in [0.717, 1.165) is 0 Å². The van der Waals surface area contributed by atoms with E-state index < -0.39 is 7.26 Å². The third-order valence-electron chi connectivity index (χ3n) is 3.59. The van der Waals surface area contributed by atoms with E-state index in [9.17, 15) is 0 Å². The second-order valence-corrected chi connectivity index (χ2v) is 9.24. The summed E-state index contributed by atoms with van der Waals surface area (Å²) in [5.74, 6) is 0. The van der Waals surface area contributed by atoms with Crippen molar-refractivity contribution in [2.24, 2.45) is 0 Å². The maximum Gasteiger partial charge on any atom is 0.0973 e. The van der Waals surface area contributed by atoms with E-state index in [2.05, 4.69) is 49.7 Å². The zero-order valence-electron chi connectivity index (χ0n) is 9.33. The molecule has 0 atom stereocenters. The maximum atomic E-state index is 2.47. The Hall–Kier alpha value is -0.870. The summed E-state index contributed by atoms with van der Waals surface area (Å²) in [5, 5.41) is 4.56. The predicted octanol–water partition coefficient (Wildman–Crippen LogP) is 3.30. The highest BCUT2D eigenvalue weighted by Crippen LogP contribution is 2.55. The smallest absolute Gasteiger partial charge is 0.0616 e. The highest BCUT2D eigenvalue weighted by molar-refractivity contribution is 7.82. The van der Waals surface area contributed by atoms with Crippen LogP contribution in [0.25, 0.3) is 10.8 Å². The lowest BCUT2D eigenvalue weighted by molar-refractivity contribution is 1.21. The summed E-state index contributed by atoms with van der Waals surface area (Å²) in [5.41, 5.74) is 1.63. The lowest BCUT2D eigenvalue weighted by Crippen LogP contribution is -2.07. The summed E-state index contributed by atoms with van der Waals surface area (Å²) in [6, 6.07) is 13.5. The van der Waals surface area contributed by atoms with E-state index in [1.54, 1.807) is 10.9 Å². The van der Waals surface area contributed by atoms with Gasteiger partial charge < -0.3 is 0 Å². The first-order chi connectivity index (χ1) is 7.18. The lowest BCUT2D eigenvalue weighted by Gasteiger charge is -2.11. The molecular formula is C14H16P+. The van der Waals surface area contributed by atoms with Crippen LogP contribution < -0.4 is 5.30 Å². The van der Waals surface area contributed by atoms with Gasteiger partial charge in [-0.25, -0.2) is 0 Å². The van der Waals surface area contributed by atoms with Gasteiger partial charge in [0, 0.05) is 19.2 Å². The number of hydrogen-bond acceptors (Lipinski definition) is 0. The highest BCUT2D eigenvalue weighted by Gasteiger charge is 2.37. The van der Waals surface area contributed by atoms with E-state index in [4.69, 9.17) is 0 Å². The molecule has 76 valence electrons. The number of benzene rings is 2. The van der Waals surface area contributed by atoms with Crippen LogP contribution in [-0.2, 0) is 6.42 Å². The minimum atomic E-state index is -0.788. The molecule has 1 aliphatic heterocycles. The number of fused-ring (bicyclic) bond motifs is 3. The van der Waals surface area contributed by atoms with Crippen LogP contribution in [0.3, 0.4) is 0 Å². The van der Waals surface area contributed by atoms with Crippen LogP contribution in [0.15, 0.2) is 36.4 Å². The third-order valence-corrected chi connectivity index (χ3v) is 6.65. The first-order valence-electron chi connectivity index (χ1n) is 5.53. The Balaban J connectivity index is 2.38. The second kappa shape index (κ2) is 3.06. The van der Waals surface area contributed by atoms with Crippen molar-refractivity contribution in [3.8, 4) is 0 Å². The molecule has 0 N–H and O–H groups in total. The van der Waals surface area contributed by atoms with Crippen LogP contribution in [0, 0.1) is 0 Å². The molecule has 0 saturated carbocycles. The van der Waals surface area contributed by atoms with Crippen LogP contribution in [0.2, 0.25) is 0 Å². The molecule has 2 aromatic carbocycles. The van der Waals surface area contributed by atoms with E-state index in [-0.39, 0.29) is 0 Å². The topological polar surface area (TPSA) is 0 Å². The molecule has 0 bridgehead atoms. The number of rotatable bonds is 0. The van der Waals surface area contributed by atoms with Crippen molar-refractivity contribution in [3.63, 3.8) is 0 Å². The van der Waals surface area contributed by atoms with Gasteiger partial charge in [0.15, 0.2) is 0 Å². The van der Waals surface area contributed by atoms with Gasteiger partial charge in [0.25, 0.3) is 0 Å². The van der Waals surface area contributed by atoms with Crippen LogP contribution in [0.1, 0.15) is 5.56 Å². The molecule has 1 aliphatic rings. The van der Waals surface area contributed by atoms with Gasteiger partial charge in [0.2, 0.25) is 0 Å². The highest BCUT2D eigenvalue weighted by atomic mass is 31.2. The summed E-state index contributed by atoms with van der Waals surface area (Å²) in [6.45, 7) is 4.93. The molecule has 3 rings (SSSR count). The molecule has 15 heavy (non-hydrogen) atoms. The Bertz CT molecular complexity index is 526. The molecule has 0 spiro atoms. The van der Waals surface area contributed by atoms with E-state index in [1.165, 1.54) is 23.4 Å². The first-order valence-corrected chi connectivity index (χ1v) is 8.39. The van der Waals surface area contributed by atoms with Crippen molar-refractivity contribution in [1.29, 1.82) is 0 Å². The Morgan fingerprint density at radius 3 is 2.67 bits per heavy atom. The fourth-order valence-electron chi connectivity index (χ4n) is 2.67. The Morgan fingerprint density at radius 2 is 1.80 bits per heavy atom. The van der Waals surface area contributed by atoms with Crippen molar-refractivity contribution < 1.29 is 0 Å². The molecule has 0 aliphatic carbocycles. The normalized spacial score (nSPS) is 18.0. The SMILES string of the molecule is C[P+]1(C)CCc2c1ccc1ccccc21. The number of hydrogen-bond donors (Lipinski definition) is 0. The Labute approximate surface area is 91.7 Å². The van der Waals surface area contributed by atoms with Crippen molar-refractivity contribution in [2.45, 2.75) is 6.42 Å². The Morgan fingerprint density at radius 1 is 1.00 bits per heavy atom. The van der Waals surface area contributed by atoms with Gasteiger partial charge in [-0.15, -0.1) is 0 Å². The second-order valence-electron chi connectivity index (χ2n) is 4.94. The molecule has 1 heterocycles. The molecule has 0 unspecified atom stereocenters. The van der Waals surface area contributed by atoms with Gasteiger partial charge in [-0.05, 0) is 16.8 Å². The molecule has 0 saturated heterocycles. The van der Waals surface area contributed by atoms with E-state index in [1.807, 2.05) is 0 Å². The minimum absolute atomic E-state index is 0.788. The summed E-state index contributed by atoms with van der Waals surface area (Å²) < 4.78 is 0. The first kappa shape index (κ1) is 9.36. The van der Waals surface area contributed by atoms with Gasteiger partial charge in [0.05, 0.1) is 24.8 Å². The average Bonchev–Trinajstić information content (AvgIpc) is 2.55. The zero-order valence-corrected chi connectivity index (χ0v) is 10.2. The van der Waals surface area contributed by atoms with Crippen molar-refractivity contribution in [3.05, 3.63) is 42.0 Å². The van der Waals surface area contributed by atoms with Crippen molar-refractivity contribution in [2.75, 3.05) is 19.5 Å². The van der Waals surface area contributed by atoms with Gasteiger partial charge >= 0.3 is 0 Å². The fourth-order valence-corrected chi connectivity index (χ4v) is 5.13. The summed E-state index contributed by atoms with van der Waals surface area (Å²) in [6.07, 6.45) is 2.69. The van der Waals surface area contributed by atoms with Gasteiger partial charge in [-0.1, -0.05) is 30.3 Å². The fraction of sp³-hybridized carbons (Fsp3) is 0.286. The molecular weight excluding hydrogens is 199 g/mol. The van der Waals surface area contributed by atoms with Crippen LogP contribution in [0.4, 0.5) is 0 Å². The maximum absolute atomic E-state index is 2.47. The molecule has 0 fully saturated rings. The molecule has 2 aromatic rings. The summed E-state index contributed by atoms with van der Waals surface area (Å²) in [7, 11) is -0.788. The molecule has 0 aromatic heterocycles. The molecule has 0 radical (unpaired) electrons. The lowest BCUT2D eigenvalue weighted by atomic mass is 10.0. The van der Waals surface area contributed by atoms with E-state index >= 15 is 0 Å². The monoisotopic (exact) mass is 215 g/mol. The quantitative estimate of drug-likeness (QED) is 0.591. The van der Waals surface area contributed by atoms with Crippen LogP contribution >= 0.6 is 7.26 Å². The van der Waals surface area contributed by atoms with Gasteiger partial charge in [-0.3, -0.25) is 0 Å². The summed E-state index contributed by atoms with van der Waals surface area (Å²) >= 11 is 0. The molecule has 0 nitrogen and oxygen atoms in total. The molecule has 0 amide bonds. The molecule has 1 heteroatoms. The minimum Gasteiger partial charge on any atom is -0.0616 e. The summed E-state index contributed by atoms with van der Waals surface area (Å²) in [4.78, 5) is 0. The van der Waals surface area contributed by atoms with E-state index in [0.29, 0.717) is 0 Å². The average molecular weight is 215 g/mol. The number of aryl methyl sites for hydroxylation is 1. The van der Waals surface area contributed by atoms with Crippen LogP contribution in [0.5, 0.6) is 0 Å². The standard InChI is InChI=1S/C14H16P/c1-15(2)10-9-13-12-6-4-3-5-11(12)7-8-14(13)15/h3-8H,9-10H2,1-2H3/q+1.